The summed E-state index contributed by atoms with van der Waals surface area (Å²) in [5.41, 5.74) is 3.43. The third-order valence-corrected chi connectivity index (χ3v) is 6.49. The van der Waals surface area contributed by atoms with E-state index in [1.807, 2.05) is 60.2 Å². The fourth-order valence-corrected chi connectivity index (χ4v) is 4.75. The molecule has 3 heterocycles. The van der Waals surface area contributed by atoms with E-state index in [-0.39, 0.29) is 12.1 Å². The number of halogens is 2. The van der Waals surface area contributed by atoms with Crippen LogP contribution in [0.15, 0.2) is 79.1 Å². The van der Waals surface area contributed by atoms with Crippen molar-refractivity contribution in [1.29, 1.82) is 0 Å². The molecular formula is C28H31F2N5O2. The Labute approximate surface area is 215 Å². The van der Waals surface area contributed by atoms with Crippen molar-refractivity contribution in [3.05, 3.63) is 96.6 Å². The van der Waals surface area contributed by atoms with Gasteiger partial charge in [0.25, 0.3) is 0 Å². The van der Waals surface area contributed by atoms with E-state index < -0.39 is 5.54 Å². The van der Waals surface area contributed by atoms with Crippen LogP contribution in [0.4, 0.5) is 8.78 Å². The van der Waals surface area contributed by atoms with Crippen LogP contribution in [0.2, 0.25) is 0 Å². The van der Waals surface area contributed by atoms with E-state index >= 15 is 0 Å². The fraction of sp³-hybridized carbons (Fsp3) is 0.286. The Morgan fingerprint density at radius 2 is 1.89 bits per heavy atom. The Kier molecular flexibility index (Phi) is 8.03. The van der Waals surface area contributed by atoms with Gasteiger partial charge in [-0.1, -0.05) is 36.0 Å². The van der Waals surface area contributed by atoms with Gasteiger partial charge in [0, 0.05) is 25.8 Å². The molecule has 0 aliphatic carbocycles. The maximum Gasteiger partial charge on any atom is 0.169 e. The van der Waals surface area contributed by atoms with E-state index in [0.29, 0.717) is 6.61 Å². The third-order valence-electron chi connectivity index (χ3n) is 6.49. The van der Waals surface area contributed by atoms with Gasteiger partial charge in [-0.15, -0.1) is 0 Å². The molecule has 1 aromatic heterocycles. The Morgan fingerprint density at radius 1 is 1.14 bits per heavy atom. The van der Waals surface area contributed by atoms with Gasteiger partial charge >= 0.3 is 0 Å². The van der Waals surface area contributed by atoms with Gasteiger partial charge < -0.3 is 23.9 Å². The second-order valence-corrected chi connectivity index (χ2v) is 8.99. The van der Waals surface area contributed by atoms with Gasteiger partial charge in [-0.05, 0) is 55.4 Å². The van der Waals surface area contributed by atoms with E-state index in [4.69, 9.17) is 9.57 Å². The largest absolute Gasteiger partial charge is 0.495 e. The lowest BCUT2D eigenvalue weighted by Crippen LogP contribution is -2.64. The first-order valence-electron chi connectivity index (χ1n) is 11.9. The zero-order valence-corrected chi connectivity index (χ0v) is 21.3. The molecule has 2 aliphatic heterocycles. The minimum Gasteiger partial charge on any atom is -0.495 e. The summed E-state index contributed by atoms with van der Waals surface area (Å²) < 4.78 is 31.3. The van der Waals surface area contributed by atoms with Crippen LogP contribution in [0.25, 0.3) is 11.8 Å². The number of benzene rings is 2. The maximum atomic E-state index is 13.6. The summed E-state index contributed by atoms with van der Waals surface area (Å²) in [6.07, 6.45) is 7.97. The third kappa shape index (κ3) is 5.56. The molecule has 2 aliphatic rings. The number of oxime groups is 1. The molecule has 2 aromatic carbocycles. The van der Waals surface area contributed by atoms with Crippen molar-refractivity contribution in [3.8, 4) is 11.4 Å². The topological polar surface area (TPSA) is 55.1 Å². The zero-order valence-electron chi connectivity index (χ0n) is 21.3. The SMILES string of the molecule is C=CF.COc1cc(/C=C/C2=NOCC3(c4ccc(F)cc4)CN(C)CCN23)ccc1-n1cnc(C)c1. The first-order chi connectivity index (χ1) is 17.9. The van der Waals surface area contributed by atoms with Gasteiger partial charge in [-0.2, -0.15) is 0 Å². The van der Waals surface area contributed by atoms with E-state index in [9.17, 15) is 8.78 Å². The van der Waals surface area contributed by atoms with Crippen LogP contribution in [0.1, 0.15) is 16.8 Å². The van der Waals surface area contributed by atoms with Crippen LogP contribution in [0.3, 0.4) is 0 Å². The van der Waals surface area contributed by atoms with Gasteiger partial charge in [-0.25, -0.2) is 13.8 Å². The minimum absolute atomic E-state index is 0.246. The minimum atomic E-state index is -0.428. The van der Waals surface area contributed by atoms with Crippen molar-refractivity contribution in [1.82, 2.24) is 19.4 Å². The Morgan fingerprint density at radius 3 is 2.57 bits per heavy atom. The lowest BCUT2D eigenvalue weighted by Gasteiger charge is -2.52. The Bertz CT molecular complexity index is 1290. The number of aryl methyl sites for hydroxylation is 1. The number of amidine groups is 1. The Hall–Kier alpha value is -3.98. The van der Waals surface area contributed by atoms with Crippen LogP contribution in [-0.4, -0.2) is 65.6 Å². The maximum absolute atomic E-state index is 13.6. The van der Waals surface area contributed by atoms with E-state index in [2.05, 4.69) is 33.6 Å². The van der Waals surface area contributed by atoms with E-state index in [1.54, 1.807) is 13.4 Å². The number of nitrogens with zero attached hydrogens (tertiary/aromatic N) is 5. The van der Waals surface area contributed by atoms with Crippen molar-refractivity contribution in [2.24, 2.45) is 5.16 Å². The number of aromatic nitrogens is 2. The number of likely N-dealkylation sites (N-methyl/N-ethyl adjacent to an activating group) is 1. The van der Waals surface area contributed by atoms with Crippen LogP contribution < -0.4 is 4.74 Å². The van der Waals surface area contributed by atoms with Crippen LogP contribution >= 0.6 is 0 Å². The quantitative estimate of drug-likeness (QED) is 0.490. The van der Waals surface area contributed by atoms with Gasteiger partial charge in [0.1, 0.15) is 23.7 Å². The summed E-state index contributed by atoms with van der Waals surface area (Å²) in [7, 11) is 3.76. The van der Waals surface area contributed by atoms with Crippen molar-refractivity contribution >= 4 is 11.9 Å². The van der Waals surface area contributed by atoms with Crippen molar-refractivity contribution < 1.29 is 18.4 Å². The molecule has 0 amide bonds. The molecule has 0 saturated carbocycles. The van der Waals surface area contributed by atoms with Gasteiger partial charge in [-0.3, -0.25) is 0 Å². The number of ether oxygens (including phenoxy) is 1. The summed E-state index contributed by atoms with van der Waals surface area (Å²) >= 11 is 0. The molecule has 9 heteroatoms. The lowest BCUT2D eigenvalue weighted by molar-refractivity contribution is -0.0441. The molecule has 37 heavy (non-hydrogen) atoms. The number of fused-ring (bicyclic) bond motifs is 1. The number of methoxy groups -OCH3 is 1. The van der Waals surface area contributed by atoms with Crippen molar-refractivity contribution in [2.75, 3.05) is 40.4 Å². The van der Waals surface area contributed by atoms with E-state index in [1.165, 1.54) is 12.1 Å². The molecule has 0 bridgehead atoms. The standard InChI is InChI=1S/C26H28FN5O2.C2H3F/c1-19-15-31(18-28-19)23-10-4-20(14-24(23)33-3)5-11-25-29-34-17-26(16-30(2)12-13-32(25)26)21-6-8-22(27)9-7-21;1-2-3/h4-11,14-15,18H,12-13,16-17H2,1-3H3;2H,1H2/b11-5+;. The Balaban J connectivity index is 0.00000102. The molecule has 7 nitrogen and oxygen atoms in total. The number of piperazine rings is 1. The number of imidazole rings is 1. The molecule has 1 unspecified atom stereocenters. The average Bonchev–Trinajstić information content (AvgIpc) is 3.33. The highest BCUT2D eigenvalue weighted by Crippen LogP contribution is 2.36. The molecule has 0 spiro atoms. The van der Waals surface area contributed by atoms with Gasteiger partial charge in [0.15, 0.2) is 5.84 Å². The summed E-state index contributed by atoms with van der Waals surface area (Å²) in [5.74, 6) is 1.25. The van der Waals surface area contributed by atoms with Crippen LogP contribution in [-0.2, 0) is 10.4 Å². The monoisotopic (exact) mass is 507 g/mol. The second-order valence-electron chi connectivity index (χ2n) is 8.99. The highest BCUT2D eigenvalue weighted by atomic mass is 19.1. The fourth-order valence-electron chi connectivity index (χ4n) is 4.75. The van der Waals surface area contributed by atoms with Gasteiger partial charge in [0.05, 0.1) is 31.1 Å². The first kappa shape index (κ1) is 26.1. The molecule has 0 N–H and O–H groups in total. The smallest absolute Gasteiger partial charge is 0.169 e. The van der Waals surface area contributed by atoms with Crippen LogP contribution in [0.5, 0.6) is 5.75 Å². The number of hydrogen-bond donors (Lipinski definition) is 0. The second kappa shape index (κ2) is 11.4. The molecular weight excluding hydrogens is 476 g/mol. The number of rotatable bonds is 5. The highest BCUT2D eigenvalue weighted by molar-refractivity contribution is 5.97. The van der Waals surface area contributed by atoms with Crippen molar-refractivity contribution in [2.45, 2.75) is 12.5 Å². The first-order valence-corrected chi connectivity index (χ1v) is 11.9. The molecule has 0 radical (unpaired) electrons. The number of hydrogen-bond acceptors (Lipinski definition) is 6. The molecule has 194 valence electrons. The summed E-state index contributed by atoms with van der Waals surface area (Å²) in [6, 6.07) is 12.7. The molecule has 1 fully saturated rings. The molecule has 1 saturated heterocycles. The van der Waals surface area contributed by atoms with Crippen LogP contribution in [0, 0.1) is 12.7 Å². The predicted molar refractivity (Wildman–Crippen MR) is 141 cm³/mol. The normalized spacial score (nSPS) is 19.4. The summed E-state index contributed by atoms with van der Waals surface area (Å²) in [4.78, 5) is 14.6. The molecule has 5 rings (SSSR count). The molecule has 3 aromatic rings. The zero-order chi connectivity index (χ0) is 26.4. The molecule has 1 atom stereocenters. The predicted octanol–water partition coefficient (Wildman–Crippen LogP) is 4.93. The van der Waals surface area contributed by atoms with E-state index in [0.717, 1.165) is 53.7 Å². The average molecular weight is 508 g/mol. The lowest BCUT2D eigenvalue weighted by atomic mass is 9.85. The van der Waals surface area contributed by atoms with Gasteiger partial charge in [0.2, 0.25) is 0 Å². The highest BCUT2D eigenvalue weighted by Gasteiger charge is 2.46. The summed E-state index contributed by atoms with van der Waals surface area (Å²) in [5, 5.41) is 4.37. The van der Waals surface area contributed by atoms with Crippen molar-refractivity contribution in [3.63, 3.8) is 0 Å². The summed E-state index contributed by atoms with van der Waals surface area (Å²) in [6.45, 7) is 7.52.